The molecule has 0 aromatic heterocycles. The fourth-order valence-electron chi connectivity index (χ4n) is 8.09. The molecular formula is C47H86N8O8. The van der Waals surface area contributed by atoms with E-state index in [4.69, 9.17) is 0 Å². The lowest BCUT2D eigenvalue weighted by atomic mass is 10.0. The molecule has 8 atom stereocenters. The molecule has 1 N–H and O–H groups in total. The van der Waals surface area contributed by atoms with Crippen molar-refractivity contribution in [2.45, 2.75) is 206 Å². The number of carbonyl (C=O) groups is 8. The van der Waals surface area contributed by atoms with Crippen LogP contribution < -0.4 is 5.32 Å². The van der Waals surface area contributed by atoms with Crippen LogP contribution in [0, 0.1) is 0 Å². The molecule has 0 bridgehead atoms. The molecule has 1 fully saturated rings. The molecule has 0 aliphatic carbocycles. The summed E-state index contributed by atoms with van der Waals surface area (Å²) in [6, 6.07) is -7.98. The fourth-order valence-corrected chi connectivity index (χ4v) is 8.09. The maximum atomic E-state index is 14.5. The number of rotatable bonds is 16. The number of hydrogen-bond acceptors (Lipinski definition) is 8. The van der Waals surface area contributed by atoms with Gasteiger partial charge in [0.05, 0.1) is 0 Å². The highest BCUT2D eigenvalue weighted by atomic mass is 16.2. The zero-order valence-electron chi connectivity index (χ0n) is 41.8. The molecule has 16 nitrogen and oxygen atoms in total. The van der Waals surface area contributed by atoms with Gasteiger partial charge in [-0.05, 0) is 53.4 Å². The highest BCUT2D eigenvalue weighted by molar-refractivity contribution is 5.98. The van der Waals surface area contributed by atoms with Gasteiger partial charge in [0.2, 0.25) is 47.3 Å². The number of amides is 8. The zero-order valence-corrected chi connectivity index (χ0v) is 41.8. The molecular weight excluding hydrogens is 805 g/mol. The first-order valence-corrected chi connectivity index (χ1v) is 23.8. The van der Waals surface area contributed by atoms with Crippen LogP contribution in [0.2, 0.25) is 0 Å². The van der Waals surface area contributed by atoms with Crippen LogP contribution in [-0.2, 0) is 38.4 Å². The molecule has 362 valence electrons. The van der Waals surface area contributed by atoms with Crippen molar-refractivity contribution in [2.24, 2.45) is 0 Å². The average molecular weight is 891 g/mol. The Balaban J connectivity index is 4.01. The largest absolute Gasteiger partial charge is 0.343 e. The van der Waals surface area contributed by atoms with Gasteiger partial charge in [-0.2, -0.15) is 0 Å². The van der Waals surface area contributed by atoms with Gasteiger partial charge in [0.25, 0.3) is 0 Å². The van der Waals surface area contributed by atoms with E-state index in [9.17, 15) is 38.4 Å². The Hall–Kier alpha value is -4.24. The lowest BCUT2D eigenvalue weighted by Gasteiger charge is -2.39. The van der Waals surface area contributed by atoms with Gasteiger partial charge in [0.1, 0.15) is 48.3 Å². The van der Waals surface area contributed by atoms with Gasteiger partial charge in [0.15, 0.2) is 0 Å². The van der Waals surface area contributed by atoms with Crippen LogP contribution >= 0.6 is 0 Å². The Morgan fingerprint density at radius 1 is 0.333 bits per heavy atom. The predicted octanol–water partition coefficient (Wildman–Crippen LogP) is 4.67. The van der Waals surface area contributed by atoms with Gasteiger partial charge < -0.3 is 39.6 Å². The van der Waals surface area contributed by atoms with Crippen molar-refractivity contribution in [1.82, 2.24) is 39.6 Å². The first kappa shape index (κ1) is 56.8. The molecule has 1 heterocycles. The molecule has 16 heteroatoms. The quantitative estimate of drug-likeness (QED) is 0.218. The van der Waals surface area contributed by atoms with Gasteiger partial charge in [-0.1, -0.05) is 105 Å². The monoisotopic (exact) mass is 891 g/mol. The summed E-state index contributed by atoms with van der Waals surface area (Å²) in [7, 11) is 10.6. The summed E-state index contributed by atoms with van der Waals surface area (Å²) in [5.41, 5.74) is 0. The van der Waals surface area contributed by atoms with Crippen LogP contribution in [0.25, 0.3) is 0 Å². The molecule has 1 aliphatic heterocycles. The van der Waals surface area contributed by atoms with E-state index >= 15 is 0 Å². The fraction of sp³-hybridized carbons (Fsp3) is 0.830. The van der Waals surface area contributed by atoms with Gasteiger partial charge in [-0.25, -0.2) is 0 Å². The third-order valence-electron chi connectivity index (χ3n) is 13.4. The van der Waals surface area contributed by atoms with E-state index in [0.717, 1.165) is 51.4 Å². The zero-order chi connectivity index (χ0) is 48.3. The first-order chi connectivity index (χ1) is 29.6. The molecule has 1 saturated heterocycles. The van der Waals surface area contributed by atoms with E-state index in [1.165, 1.54) is 83.6 Å². The van der Waals surface area contributed by atoms with E-state index in [2.05, 4.69) is 5.32 Å². The summed E-state index contributed by atoms with van der Waals surface area (Å²) in [5.74, 6) is -3.85. The molecule has 1 rings (SSSR count). The molecule has 0 spiro atoms. The van der Waals surface area contributed by atoms with Gasteiger partial charge in [0, 0.05) is 49.3 Å². The highest BCUT2D eigenvalue weighted by Gasteiger charge is 2.42. The standard InChI is InChI=1S/C47H86N8O8/c1-16-20-24-28-36-44(60)50(10)33(6)41(57)54(14)38(30-26-22-18-3)46(62)52(12)35(8)43(59)55(15)39(31-27-23-19-4)47(63)51(11)34(7)42(58)53(13)37(29-25-21-17-2)45(61)49(9)32(5)40(56)48-36/h32-39H,16-31H2,1-15H3,(H,48,56)/t32-,33-,34-,35-,36+,37+,38+,39+/m1/s1. The Bertz CT molecular complexity index is 1530. The smallest absolute Gasteiger partial charge is 0.245 e. The summed E-state index contributed by atoms with van der Waals surface area (Å²) in [6.45, 7) is 14.5. The summed E-state index contributed by atoms with van der Waals surface area (Å²) in [5, 5.41) is 2.88. The number of nitrogens with one attached hydrogen (secondary N) is 1. The van der Waals surface area contributed by atoms with Gasteiger partial charge in [-0.15, -0.1) is 0 Å². The third-order valence-corrected chi connectivity index (χ3v) is 13.4. The Kier molecular flexibility index (Phi) is 25.1. The number of carbonyl (C=O) groups excluding carboxylic acids is 8. The average Bonchev–Trinajstić information content (AvgIpc) is 3.28. The molecule has 0 unspecified atom stereocenters. The summed E-state index contributed by atoms with van der Waals surface area (Å²) in [4.78, 5) is 124. The number of nitrogens with zero attached hydrogens (tertiary/aromatic N) is 7. The highest BCUT2D eigenvalue weighted by Crippen LogP contribution is 2.22. The third kappa shape index (κ3) is 15.5. The lowest BCUT2D eigenvalue weighted by Crippen LogP contribution is -2.61. The summed E-state index contributed by atoms with van der Waals surface area (Å²) < 4.78 is 0. The van der Waals surface area contributed by atoms with Crippen LogP contribution in [-0.4, -0.2) is 179 Å². The number of unbranched alkanes of at least 4 members (excludes halogenated alkanes) is 8. The second-order valence-electron chi connectivity index (χ2n) is 17.9. The second kappa shape index (κ2) is 27.8. The molecule has 0 saturated carbocycles. The Labute approximate surface area is 380 Å². The minimum atomic E-state index is -1.04. The van der Waals surface area contributed by atoms with Crippen molar-refractivity contribution in [2.75, 3.05) is 49.3 Å². The SMILES string of the molecule is CCCCC[C@@H]1NC(=O)[C@@H](C)N(C)C(=O)[C@H](CCCCC)N(C)C(=O)[C@@H](C)N(C)C(=O)[C@H](CCCCC)N(C)C(=O)[C@@H](C)N(C)C(=O)[C@H](CCCCC)N(C)C(=O)[C@@H](C)N(C)C1=O. The first-order valence-electron chi connectivity index (χ1n) is 23.8. The normalized spacial score (nSPS) is 26.6. The molecule has 63 heavy (non-hydrogen) atoms. The Morgan fingerprint density at radius 2 is 0.587 bits per heavy atom. The van der Waals surface area contributed by atoms with Crippen LogP contribution in [0.5, 0.6) is 0 Å². The molecule has 1 aliphatic rings. The van der Waals surface area contributed by atoms with Crippen LogP contribution in [0.3, 0.4) is 0 Å². The van der Waals surface area contributed by atoms with Crippen LogP contribution in [0.1, 0.15) is 158 Å². The van der Waals surface area contributed by atoms with Gasteiger partial charge in [-0.3, -0.25) is 38.4 Å². The molecule has 0 aromatic carbocycles. The molecule has 0 radical (unpaired) electrons. The second-order valence-corrected chi connectivity index (χ2v) is 17.9. The van der Waals surface area contributed by atoms with Crippen molar-refractivity contribution in [3.63, 3.8) is 0 Å². The molecule has 8 amide bonds. The minimum Gasteiger partial charge on any atom is -0.343 e. The van der Waals surface area contributed by atoms with Gasteiger partial charge >= 0.3 is 0 Å². The topological polar surface area (TPSA) is 171 Å². The van der Waals surface area contributed by atoms with Crippen molar-refractivity contribution < 1.29 is 38.4 Å². The Morgan fingerprint density at radius 3 is 0.873 bits per heavy atom. The summed E-state index contributed by atoms with van der Waals surface area (Å²) >= 11 is 0. The van der Waals surface area contributed by atoms with Crippen molar-refractivity contribution in [1.29, 1.82) is 0 Å². The van der Waals surface area contributed by atoms with Crippen LogP contribution in [0.4, 0.5) is 0 Å². The van der Waals surface area contributed by atoms with E-state index in [1.54, 1.807) is 27.7 Å². The van der Waals surface area contributed by atoms with E-state index in [1.807, 2.05) is 27.7 Å². The number of likely N-dealkylation sites (N-methyl/N-ethyl adjacent to an activating group) is 7. The number of hydrogen-bond donors (Lipinski definition) is 1. The predicted molar refractivity (Wildman–Crippen MR) is 247 cm³/mol. The van der Waals surface area contributed by atoms with E-state index in [0.29, 0.717) is 51.4 Å². The van der Waals surface area contributed by atoms with Crippen molar-refractivity contribution in [3.05, 3.63) is 0 Å². The summed E-state index contributed by atoms with van der Waals surface area (Å²) in [6.07, 6.45) is 10.5. The molecule has 0 aromatic rings. The van der Waals surface area contributed by atoms with Crippen LogP contribution in [0.15, 0.2) is 0 Å². The maximum Gasteiger partial charge on any atom is 0.245 e. The minimum absolute atomic E-state index is 0.299. The van der Waals surface area contributed by atoms with E-state index in [-0.39, 0.29) is 0 Å². The maximum absolute atomic E-state index is 14.5. The van der Waals surface area contributed by atoms with E-state index < -0.39 is 95.6 Å². The lowest BCUT2D eigenvalue weighted by molar-refractivity contribution is -0.156. The van der Waals surface area contributed by atoms with Crippen molar-refractivity contribution >= 4 is 47.3 Å². The van der Waals surface area contributed by atoms with Crippen molar-refractivity contribution in [3.8, 4) is 0 Å².